The topological polar surface area (TPSA) is 72.3 Å². The molecule has 0 bridgehead atoms. The van der Waals surface area contributed by atoms with Gasteiger partial charge in [-0.1, -0.05) is 96.6 Å². The minimum Gasteiger partial charge on any atom is -0.387 e. The molecular formula is C28H30N2O. The minimum atomic E-state index is -1.15. The van der Waals surface area contributed by atoms with E-state index in [9.17, 15) is 5.11 Å². The van der Waals surface area contributed by atoms with E-state index in [0.717, 1.165) is 33.0 Å². The van der Waals surface area contributed by atoms with E-state index in [1.807, 2.05) is 48.5 Å². The Balaban J connectivity index is 1.75. The number of hydrogen-bond acceptors (Lipinski definition) is 3. The zero-order chi connectivity index (χ0) is 21.8. The highest BCUT2D eigenvalue weighted by atomic mass is 16.3. The molecule has 4 aromatic rings. The van der Waals surface area contributed by atoms with E-state index in [2.05, 4.69) is 49.4 Å². The minimum absolute atomic E-state index is 0.454. The van der Waals surface area contributed by atoms with Crippen LogP contribution in [0.2, 0.25) is 0 Å². The van der Waals surface area contributed by atoms with Crippen molar-refractivity contribution < 1.29 is 5.11 Å². The summed E-state index contributed by atoms with van der Waals surface area (Å²) in [7, 11) is 0. The highest BCUT2D eigenvalue weighted by Gasteiger charge is 2.36. The third-order valence-corrected chi connectivity index (χ3v) is 6.14. The van der Waals surface area contributed by atoms with Crippen LogP contribution < -0.4 is 11.5 Å². The van der Waals surface area contributed by atoms with Crippen molar-refractivity contribution >= 4 is 10.8 Å². The molecule has 0 amide bonds. The molecule has 3 heteroatoms. The predicted octanol–water partition coefficient (Wildman–Crippen LogP) is 4.82. The van der Waals surface area contributed by atoms with Crippen molar-refractivity contribution in [2.24, 2.45) is 11.5 Å². The molecule has 31 heavy (non-hydrogen) atoms. The van der Waals surface area contributed by atoms with Gasteiger partial charge in [0.15, 0.2) is 0 Å². The Morgan fingerprint density at radius 2 is 1.29 bits per heavy atom. The molecule has 4 aromatic carbocycles. The summed E-state index contributed by atoms with van der Waals surface area (Å²) in [6.45, 7) is 2.57. The molecule has 0 aliphatic carbocycles. The van der Waals surface area contributed by atoms with Crippen molar-refractivity contribution in [1.82, 2.24) is 0 Å². The van der Waals surface area contributed by atoms with Crippen molar-refractivity contribution in [2.45, 2.75) is 38.0 Å². The summed E-state index contributed by atoms with van der Waals surface area (Å²) >= 11 is 0. The zero-order valence-corrected chi connectivity index (χ0v) is 18.0. The van der Waals surface area contributed by atoms with Gasteiger partial charge < -0.3 is 16.6 Å². The third kappa shape index (κ3) is 4.70. The molecule has 5 N–H and O–H groups in total. The van der Waals surface area contributed by atoms with Gasteiger partial charge in [-0.2, -0.15) is 0 Å². The Hall–Kier alpha value is -2.98. The molecular weight excluding hydrogens is 380 g/mol. The lowest BCUT2D eigenvalue weighted by Crippen LogP contribution is -2.45. The summed E-state index contributed by atoms with van der Waals surface area (Å²) in [5, 5.41) is 14.3. The van der Waals surface area contributed by atoms with Gasteiger partial charge in [-0.15, -0.1) is 0 Å². The molecule has 4 rings (SSSR count). The Bertz CT molecular complexity index is 1150. The van der Waals surface area contributed by atoms with Crippen LogP contribution in [0.4, 0.5) is 0 Å². The number of benzene rings is 4. The van der Waals surface area contributed by atoms with E-state index >= 15 is 0 Å². The number of nitrogens with two attached hydrogens (primary N) is 2. The second kappa shape index (κ2) is 9.03. The molecule has 0 heterocycles. The quantitative estimate of drug-likeness (QED) is 0.409. The number of fused-ring (bicyclic) bond motifs is 1. The molecule has 0 aromatic heterocycles. The highest BCUT2D eigenvalue weighted by molar-refractivity contribution is 5.86. The number of aliphatic hydroxyl groups is 1. The van der Waals surface area contributed by atoms with Gasteiger partial charge in [-0.3, -0.25) is 0 Å². The van der Waals surface area contributed by atoms with E-state index in [4.69, 9.17) is 11.5 Å². The summed E-state index contributed by atoms with van der Waals surface area (Å²) in [5.41, 5.74) is 16.8. The number of rotatable bonds is 7. The first kappa shape index (κ1) is 21.3. The average Bonchev–Trinajstić information content (AvgIpc) is 2.80. The molecule has 0 radical (unpaired) electrons. The first-order valence-electron chi connectivity index (χ1n) is 10.8. The Labute approximate surface area is 184 Å². The van der Waals surface area contributed by atoms with Crippen molar-refractivity contribution in [1.29, 1.82) is 0 Å². The Morgan fingerprint density at radius 1 is 0.742 bits per heavy atom. The smallest absolute Gasteiger partial charge is 0.0919 e. The molecule has 158 valence electrons. The molecule has 0 fully saturated rings. The van der Waals surface area contributed by atoms with E-state index in [1.165, 1.54) is 5.56 Å². The van der Waals surface area contributed by atoms with E-state index < -0.39 is 11.6 Å². The van der Waals surface area contributed by atoms with Crippen molar-refractivity contribution in [2.75, 3.05) is 0 Å². The van der Waals surface area contributed by atoms with Crippen molar-refractivity contribution in [3.63, 3.8) is 0 Å². The van der Waals surface area contributed by atoms with Gasteiger partial charge in [-0.05, 0) is 39.9 Å². The summed E-state index contributed by atoms with van der Waals surface area (Å²) in [4.78, 5) is 0. The van der Waals surface area contributed by atoms with E-state index in [1.54, 1.807) is 0 Å². The largest absolute Gasteiger partial charge is 0.387 e. The predicted molar refractivity (Wildman–Crippen MR) is 129 cm³/mol. The standard InChI is InChI=1S/C28H30N2O/c1-20-9-11-21(12-10-20)17-28(31,18-22-13-15-23(19-29)16-14-22)27(30)26-8-4-6-24-5-2-3-7-25(24)26/h2-16,27,31H,17-19,29-30H2,1H3/t27-,28?/m1/s1. The molecule has 3 nitrogen and oxygen atoms in total. The van der Waals surface area contributed by atoms with Crippen LogP contribution in [0, 0.1) is 6.92 Å². The summed E-state index contributed by atoms with van der Waals surface area (Å²) < 4.78 is 0. The maximum atomic E-state index is 12.0. The van der Waals surface area contributed by atoms with Crippen LogP contribution in [0.5, 0.6) is 0 Å². The normalized spacial score (nSPS) is 14.3. The molecule has 0 aliphatic rings. The van der Waals surface area contributed by atoms with Crippen LogP contribution in [-0.4, -0.2) is 10.7 Å². The highest BCUT2D eigenvalue weighted by Crippen LogP contribution is 2.34. The first-order valence-corrected chi connectivity index (χ1v) is 10.8. The number of aryl methyl sites for hydroxylation is 1. The molecule has 0 spiro atoms. The summed E-state index contributed by atoms with van der Waals surface area (Å²) in [5.74, 6) is 0. The number of hydrogen-bond donors (Lipinski definition) is 3. The van der Waals surface area contributed by atoms with Gasteiger partial charge in [0.25, 0.3) is 0 Å². The summed E-state index contributed by atoms with van der Waals surface area (Å²) in [6, 6.07) is 30.2. The maximum Gasteiger partial charge on any atom is 0.0919 e. The fourth-order valence-corrected chi connectivity index (χ4v) is 4.30. The molecule has 0 saturated carbocycles. The second-order valence-electron chi connectivity index (χ2n) is 8.51. The molecule has 0 saturated heterocycles. The Morgan fingerprint density at radius 3 is 1.94 bits per heavy atom. The van der Waals surface area contributed by atoms with Gasteiger partial charge >= 0.3 is 0 Å². The molecule has 0 aliphatic heterocycles. The summed E-state index contributed by atoms with van der Waals surface area (Å²) in [6.07, 6.45) is 0.923. The molecule has 1 unspecified atom stereocenters. The Kier molecular flexibility index (Phi) is 6.19. The van der Waals surface area contributed by atoms with Gasteiger partial charge in [0, 0.05) is 19.4 Å². The van der Waals surface area contributed by atoms with Crippen LogP contribution in [-0.2, 0) is 19.4 Å². The fourth-order valence-electron chi connectivity index (χ4n) is 4.30. The third-order valence-electron chi connectivity index (χ3n) is 6.14. The fraction of sp³-hybridized carbons (Fsp3) is 0.214. The van der Waals surface area contributed by atoms with Gasteiger partial charge in [0.1, 0.15) is 0 Å². The van der Waals surface area contributed by atoms with Crippen molar-refractivity contribution in [3.05, 3.63) is 119 Å². The lowest BCUT2D eigenvalue weighted by atomic mass is 9.78. The van der Waals surface area contributed by atoms with Crippen LogP contribution in [0.1, 0.15) is 33.9 Å². The van der Waals surface area contributed by atoms with Crippen LogP contribution in [0.15, 0.2) is 91.0 Å². The van der Waals surface area contributed by atoms with Crippen LogP contribution >= 0.6 is 0 Å². The zero-order valence-electron chi connectivity index (χ0n) is 18.0. The first-order chi connectivity index (χ1) is 15.0. The van der Waals surface area contributed by atoms with Gasteiger partial charge in [0.05, 0.1) is 11.6 Å². The van der Waals surface area contributed by atoms with Gasteiger partial charge in [-0.25, -0.2) is 0 Å². The van der Waals surface area contributed by atoms with Crippen LogP contribution in [0.3, 0.4) is 0 Å². The van der Waals surface area contributed by atoms with E-state index in [-0.39, 0.29) is 0 Å². The second-order valence-corrected chi connectivity index (χ2v) is 8.51. The van der Waals surface area contributed by atoms with Crippen LogP contribution in [0.25, 0.3) is 10.8 Å². The average molecular weight is 411 g/mol. The monoisotopic (exact) mass is 410 g/mol. The van der Waals surface area contributed by atoms with Crippen molar-refractivity contribution in [3.8, 4) is 0 Å². The SMILES string of the molecule is Cc1ccc(CC(O)(Cc2ccc(CN)cc2)[C@H](N)c2cccc3ccccc23)cc1. The van der Waals surface area contributed by atoms with Gasteiger partial charge in [0.2, 0.25) is 0 Å². The lowest BCUT2D eigenvalue weighted by molar-refractivity contribution is 0.0141. The van der Waals surface area contributed by atoms with E-state index in [0.29, 0.717) is 19.4 Å². The lowest BCUT2D eigenvalue weighted by Gasteiger charge is -2.35. The maximum absolute atomic E-state index is 12.0. The molecule has 2 atom stereocenters.